The second kappa shape index (κ2) is 8.00. The van der Waals surface area contributed by atoms with E-state index in [9.17, 15) is 0 Å². The maximum atomic E-state index is 7.96. The van der Waals surface area contributed by atoms with Crippen LogP contribution in [0.25, 0.3) is 0 Å². The molecule has 0 spiro atoms. The average molecular weight is 244 g/mol. The minimum absolute atomic E-state index is 0.453. The Labute approximate surface area is 97.6 Å². The molecular formula is C10H12O5S. The standard InChI is InChI=1S/C10H12O5S/c1-2-12-7-8-13-9-3-5-10(6-4-9)16-15-14-11/h2-6,11H,1,7-8H2. The normalized spacial score (nSPS) is 9.81. The van der Waals surface area contributed by atoms with Crippen LogP contribution in [0.4, 0.5) is 0 Å². The summed E-state index contributed by atoms with van der Waals surface area (Å²) < 4.78 is 14.5. The first-order valence-corrected chi connectivity index (χ1v) is 5.21. The third-order valence-electron chi connectivity index (χ3n) is 1.57. The van der Waals surface area contributed by atoms with E-state index >= 15 is 0 Å². The number of hydrogen-bond donors (Lipinski definition) is 1. The zero-order valence-corrected chi connectivity index (χ0v) is 9.31. The zero-order chi connectivity index (χ0) is 11.6. The highest BCUT2D eigenvalue weighted by molar-refractivity contribution is 7.94. The first kappa shape index (κ1) is 12.9. The van der Waals surface area contributed by atoms with Gasteiger partial charge in [-0.25, -0.2) is 5.26 Å². The minimum Gasteiger partial charge on any atom is -0.498 e. The quantitative estimate of drug-likeness (QED) is 0.249. The SMILES string of the molecule is C=COCCOc1ccc(SOOO)cc1. The van der Waals surface area contributed by atoms with E-state index in [4.69, 9.17) is 14.7 Å². The summed E-state index contributed by atoms with van der Waals surface area (Å²) in [4.78, 5) is 0.781. The molecule has 1 aromatic carbocycles. The van der Waals surface area contributed by atoms with Gasteiger partial charge in [-0.05, 0) is 24.3 Å². The molecule has 0 unspecified atom stereocenters. The minimum atomic E-state index is 0.453. The highest BCUT2D eigenvalue weighted by Crippen LogP contribution is 2.21. The van der Waals surface area contributed by atoms with E-state index in [1.54, 1.807) is 24.3 Å². The van der Waals surface area contributed by atoms with E-state index in [1.165, 1.54) is 6.26 Å². The lowest BCUT2D eigenvalue weighted by atomic mass is 10.3. The van der Waals surface area contributed by atoms with E-state index < -0.39 is 0 Å². The number of hydrogen-bond acceptors (Lipinski definition) is 6. The lowest BCUT2D eigenvalue weighted by molar-refractivity contribution is -0.432. The van der Waals surface area contributed by atoms with Crippen LogP contribution in [0.3, 0.4) is 0 Å². The molecule has 0 aliphatic carbocycles. The topological polar surface area (TPSA) is 57.2 Å². The summed E-state index contributed by atoms with van der Waals surface area (Å²) >= 11 is 0.895. The van der Waals surface area contributed by atoms with Crippen molar-refractivity contribution in [2.75, 3.05) is 13.2 Å². The molecule has 1 rings (SSSR count). The Morgan fingerprint density at radius 2 is 2.00 bits per heavy atom. The summed E-state index contributed by atoms with van der Waals surface area (Å²) in [5.74, 6) is 0.724. The van der Waals surface area contributed by atoms with E-state index in [0.717, 1.165) is 22.7 Å². The highest BCUT2D eigenvalue weighted by atomic mass is 32.2. The van der Waals surface area contributed by atoms with Crippen molar-refractivity contribution in [3.05, 3.63) is 37.1 Å². The first-order chi connectivity index (χ1) is 7.86. The van der Waals surface area contributed by atoms with Gasteiger partial charge in [-0.15, -0.1) is 4.33 Å². The number of rotatable bonds is 8. The van der Waals surface area contributed by atoms with Gasteiger partial charge in [-0.2, -0.15) is 0 Å². The molecule has 0 aliphatic rings. The lowest BCUT2D eigenvalue weighted by Gasteiger charge is -2.06. The maximum absolute atomic E-state index is 7.96. The number of benzene rings is 1. The van der Waals surface area contributed by atoms with Crippen molar-refractivity contribution in [1.82, 2.24) is 0 Å². The Bertz CT molecular complexity index is 301. The third kappa shape index (κ3) is 5.04. The highest BCUT2D eigenvalue weighted by Gasteiger charge is 1.97. The largest absolute Gasteiger partial charge is 0.498 e. The van der Waals surface area contributed by atoms with Crippen molar-refractivity contribution >= 4 is 12.0 Å². The number of ether oxygens (including phenoxy) is 2. The molecule has 5 nitrogen and oxygen atoms in total. The van der Waals surface area contributed by atoms with Crippen LogP contribution >= 0.6 is 12.0 Å². The Morgan fingerprint density at radius 1 is 1.25 bits per heavy atom. The Balaban J connectivity index is 2.30. The van der Waals surface area contributed by atoms with Crippen LogP contribution in [0.15, 0.2) is 42.0 Å². The molecule has 0 saturated heterocycles. The molecule has 0 radical (unpaired) electrons. The summed E-state index contributed by atoms with van der Waals surface area (Å²) in [6.45, 7) is 4.33. The molecule has 0 fully saturated rings. The van der Waals surface area contributed by atoms with Crippen LogP contribution in [-0.2, 0) is 14.1 Å². The van der Waals surface area contributed by atoms with Crippen molar-refractivity contribution in [3.63, 3.8) is 0 Å². The molecular weight excluding hydrogens is 232 g/mol. The average Bonchev–Trinajstić information content (AvgIpc) is 2.33. The lowest BCUT2D eigenvalue weighted by Crippen LogP contribution is -2.03. The molecule has 0 aromatic heterocycles. The molecule has 16 heavy (non-hydrogen) atoms. The van der Waals surface area contributed by atoms with Gasteiger partial charge in [0.15, 0.2) is 0 Å². The van der Waals surface area contributed by atoms with Gasteiger partial charge in [0, 0.05) is 4.90 Å². The van der Waals surface area contributed by atoms with E-state index in [0.29, 0.717) is 13.2 Å². The summed E-state index contributed by atoms with van der Waals surface area (Å²) in [5.41, 5.74) is 0. The van der Waals surface area contributed by atoms with Crippen molar-refractivity contribution in [2.24, 2.45) is 0 Å². The van der Waals surface area contributed by atoms with Crippen molar-refractivity contribution < 1.29 is 24.1 Å². The second-order valence-electron chi connectivity index (χ2n) is 2.58. The molecule has 88 valence electrons. The van der Waals surface area contributed by atoms with Gasteiger partial charge in [0.1, 0.15) is 19.0 Å². The van der Waals surface area contributed by atoms with E-state index in [1.807, 2.05) is 0 Å². The smallest absolute Gasteiger partial charge is 0.122 e. The van der Waals surface area contributed by atoms with Gasteiger partial charge in [0.25, 0.3) is 0 Å². The molecule has 0 bridgehead atoms. The summed E-state index contributed by atoms with van der Waals surface area (Å²) in [5, 5.41) is 11.4. The molecule has 1 aromatic rings. The first-order valence-electron chi connectivity index (χ1n) is 4.47. The van der Waals surface area contributed by atoms with Crippen molar-refractivity contribution in [3.8, 4) is 5.75 Å². The molecule has 0 aliphatic heterocycles. The third-order valence-corrected chi connectivity index (χ3v) is 2.17. The van der Waals surface area contributed by atoms with Crippen LogP contribution in [0, 0.1) is 0 Å². The Kier molecular flexibility index (Phi) is 6.43. The van der Waals surface area contributed by atoms with Crippen LogP contribution in [-0.4, -0.2) is 18.5 Å². The second-order valence-corrected chi connectivity index (χ2v) is 3.36. The van der Waals surface area contributed by atoms with Crippen LogP contribution in [0.1, 0.15) is 0 Å². The van der Waals surface area contributed by atoms with Gasteiger partial charge in [0.05, 0.1) is 18.3 Å². The van der Waals surface area contributed by atoms with Gasteiger partial charge in [-0.1, -0.05) is 11.6 Å². The Hall–Kier alpha value is -1.21. The Morgan fingerprint density at radius 3 is 2.62 bits per heavy atom. The maximum Gasteiger partial charge on any atom is 0.122 e. The zero-order valence-electron chi connectivity index (χ0n) is 8.50. The molecule has 1 N–H and O–H groups in total. The van der Waals surface area contributed by atoms with Gasteiger partial charge >= 0.3 is 0 Å². The van der Waals surface area contributed by atoms with Crippen molar-refractivity contribution in [2.45, 2.75) is 4.90 Å². The van der Waals surface area contributed by atoms with Crippen LogP contribution in [0.2, 0.25) is 0 Å². The summed E-state index contributed by atoms with van der Waals surface area (Å²) in [7, 11) is 0. The van der Waals surface area contributed by atoms with Gasteiger partial charge in [-0.3, -0.25) is 0 Å². The van der Waals surface area contributed by atoms with Gasteiger partial charge < -0.3 is 9.47 Å². The fourth-order valence-corrected chi connectivity index (χ4v) is 1.29. The van der Waals surface area contributed by atoms with Crippen molar-refractivity contribution in [1.29, 1.82) is 0 Å². The van der Waals surface area contributed by atoms with E-state index in [2.05, 4.69) is 16.0 Å². The molecule has 6 heteroatoms. The van der Waals surface area contributed by atoms with E-state index in [-0.39, 0.29) is 0 Å². The molecule has 0 amide bonds. The monoisotopic (exact) mass is 244 g/mol. The van der Waals surface area contributed by atoms with Crippen LogP contribution < -0.4 is 4.74 Å². The molecule has 0 saturated carbocycles. The predicted molar refractivity (Wildman–Crippen MR) is 58.7 cm³/mol. The summed E-state index contributed by atoms with van der Waals surface area (Å²) in [6, 6.07) is 7.09. The van der Waals surface area contributed by atoms with Gasteiger partial charge in [0.2, 0.25) is 0 Å². The molecule has 0 atom stereocenters. The fourth-order valence-electron chi connectivity index (χ4n) is 0.937. The molecule has 0 heterocycles. The fraction of sp³-hybridized carbons (Fsp3) is 0.200. The summed E-state index contributed by atoms with van der Waals surface area (Å²) in [6.07, 6.45) is 1.37. The predicted octanol–water partition coefficient (Wildman–Crippen LogP) is 2.65. The van der Waals surface area contributed by atoms with Crippen LogP contribution in [0.5, 0.6) is 5.75 Å².